The lowest BCUT2D eigenvalue weighted by Crippen LogP contribution is -2.10. The number of aryl methyl sites for hydroxylation is 1. The molecular formula is C33H28FN3O3. The third-order valence-corrected chi connectivity index (χ3v) is 7.08. The van der Waals surface area contributed by atoms with Crippen LogP contribution >= 0.6 is 0 Å². The van der Waals surface area contributed by atoms with E-state index in [0.29, 0.717) is 34.2 Å². The topological polar surface area (TPSA) is 77.2 Å². The molecule has 2 heterocycles. The smallest absolute Gasteiger partial charge is 0.309 e. The third kappa shape index (κ3) is 5.36. The van der Waals surface area contributed by atoms with Crippen LogP contribution in [0.3, 0.4) is 0 Å². The number of nitrogens with one attached hydrogen (secondary N) is 1. The first kappa shape index (κ1) is 25.5. The molecule has 6 rings (SSSR count). The lowest BCUT2D eigenvalue weighted by molar-refractivity contribution is -0.150. The SMILES string of the molecule is Cc1noc(-c2ccc(-c3ccc(C(C)OC(=O)C4CC4)cc3)cc2)c1Nc1cccc(-c2ccccc2F)n1. The second-order valence-electron chi connectivity index (χ2n) is 10.0. The zero-order valence-corrected chi connectivity index (χ0v) is 22.2. The van der Waals surface area contributed by atoms with Gasteiger partial charge in [-0.05, 0) is 67.6 Å². The maximum absolute atomic E-state index is 14.3. The number of esters is 1. The highest BCUT2D eigenvalue weighted by atomic mass is 19.1. The lowest BCUT2D eigenvalue weighted by atomic mass is 10.0. The molecule has 1 aliphatic carbocycles. The number of anilines is 2. The van der Waals surface area contributed by atoms with Crippen LogP contribution < -0.4 is 5.32 Å². The standard InChI is InChI=1S/C33H28FN3O3/c1-20-31(36-30-9-5-8-29(35-30)27-6-3-4-7-28(27)34)32(40-37-20)25-16-14-24(15-17-25)23-12-10-22(11-13-23)21(2)39-33(38)26-18-19-26/h3-17,21,26H,18-19H2,1-2H3,(H,35,36). The van der Waals surface area contributed by atoms with Gasteiger partial charge in [-0.3, -0.25) is 4.79 Å². The number of hydrogen-bond donors (Lipinski definition) is 1. The molecule has 1 aliphatic rings. The molecule has 0 spiro atoms. The largest absolute Gasteiger partial charge is 0.458 e. The minimum atomic E-state index is -0.324. The van der Waals surface area contributed by atoms with E-state index < -0.39 is 0 Å². The Bertz CT molecular complexity index is 1660. The highest BCUT2D eigenvalue weighted by molar-refractivity contribution is 5.79. The Morgan fingerprint density at radius 1 is 0.925 bits per heavy atom. The predicted octanol–water partition coefficient (Wildman–Crippen LogP) is 8.28. The molecule has 0 radical (unpaired) electrons. The average Bonchev–Trinajstić information content (AvgIpc) is 3.78. The van der Waals surface area contributed by atoms with Crippen molar-refractivity contribution < 1.29 is 18.4 Å². The van der Waals surface area contributed by atoms with Gasteiger partial charge >= 0.3 is 5.97 Å². The van der Waals surface area contributed by atoms with Gasteiger partial charge in [-0.15, -0.1) is 0 Å². The van der Waals surface area contributed by atoms with E-state index in [9.17, 15) is 9.18 Å². The second-order valence-corrected chi connectivity index (χ2v) is 10.0. The van der Waals surface area contributed by atoms with Crippen molar-refractivity contribution in [3.05, 3.63) is 108 Å². The van der Waals surface area contributed by atoms with Crippen molar-refractivity contribution in [3.63, 3.8) is 0 Å². The van der Waals surface area contributed by atoms with Gasteiger partial charge in [0.1, 0.15) is 29.1 Å². The van der Waals surface area contributed by atoms with Crippen molar-refractivity contribution in [2.45, 2.75) is 32.8 Å². The van der Waals surface area contributed by atoms with Crippen molar-refractivity contribution in [2.75, 3.05) is 5.32 Å². The number of nitrogens with zero attached hydrogens (tertiary/aromatic N) is 2. The fourth-order valence-electron chi connectivity index (χ4n) is 4.58. The zero-order valence-electron chi connectivity index (χ0n) is 22.2. The molecular weight excluding hydrogens is 505 g/mol. The van der Waals surface area contributed by atoms with E-state index in [1.54, 1.807) is 24.3 Å². The van der Waals surface area contributed by atoms with Crippen molar-refractivity contribution >= 4 is 17.5 Å². The molecule has 0 saturated heterocycles. The van der Waals surface area contributed by atoms with Gasteiger partial charge in [-0.2, -0.15) is 0 Å². The fraction of sp³-hybridized carbons (Fsp3) is 0.182. The van der Waals surface area contributed by atoms with E-state index in [2.05, 4.69) is 15.5 Å². The summed E-state index contributed by atoms with van der Waals surface area (Å²) in [5.41, 5.74) is 6.27. The van der Waals surface area contributed by atoms with Gasteiger partial charge in [-0.1, -0.05) is 71.9 Å². The summed E-state index contributed by atoms with van der Waals surface area (Å²) < 4.78 is 25.6. The zero-order chi connectivity index (χ0) is 27.6. The summed E-state index contributed by atoms with van der Waals surface area (Å²) in [5, 5.41) is 7.48. The first-order valence-electron chi connectivity index (χ1n) is 13.3. The second kappa shape index (κ2) is 10.8. The maximum atomic E-state index is 14.3. The molecule has 2 aromatic heterocycles. The molecule has 3 aromatic carbocycles. The molecule has 1 unspecified atom stereocenters. The number of ether oxygens (including phenoxy) is 1. The number of halogens is 1. The van der Waals surface area contributed by atoms with Crippen LogP contribution in [0.5, 0.6) is 0 Å². The van der Waals surface area contributed by atoms with Gasteiger partial charge in [0.15, 0.2) is 5.76 Å². The maximum Gasteiger partial charge on any atom is 0.309 e. The quantitative estimate of drug-likeness (QED) is 0.202. The molecule has 5 aromatic rings. The molecule has 0 amide bonds. The summed E-state index contributed by atoms with van der Waals surface area (Å²) in [5.74, 6) is 0.808. The van der Waals surface area contributed by atoms with Crippen LogP contribution in [-0.4, -0.2) is 16.1 Å². The first-order valence-corrected chi connectivity index (χ1v) is 13.3. The Kier molecular flexibility index (Phi) is 6.86. The molecule has 1 atom stereocenters. The molecule has 7 heteroatoms. The summed E-state index contributed by atoms with van der Waals surface area (Å²) in [4.78, 5) is 16.6. The van der Waals surface area contributed by atoms with Crippen LogP contribution in [0, 0.1) is 18.7 Å². The molecule has 0 aliphatic heterocycles. The van der Waals surface area contributed by atoms with Crippen molar-refractivity contribution in [1.29, 1.82) is 0 Å². The van der Waals surface area contributed by atoms with E-state index in [1.807, 2.05) is 74.5 Å². The number of rotatable bonds is 8. The number of benzene rings is 3. The Hall–Kier alpha value is -4.78. The van der Waals surface area contributed by atoms with Gasteiger partial charge in [0, 0.05) is 11.1 Å². The molecule has 200 valence electrons. The molecule has 40 heavy (non-hydrogen) atoms. The van der Waals surface area contributed by atoms with Gasteiger partial charge in [0.2, 0.25) is 0 Å². The molecule has 6 nitrogen and oxygen atoms in total. The molecule has 0 bridgehead atoms. The van der Waals surface area contributed by atoms with Crippen LogP contribution in [0.1, 0.15) is 37.1 Å². The normalized spacial score (nSPS) is 13.6. The Morgan fingerprint density at radius 2 is 1.60 bits per heavy atom. The average molecular weight is 534 g/mol. The van der Waals surface area contributed by atoms with Gasteiger partial charge < -0.3 is 14.6 Å². The summed E-state index contributed by atoms with van der Waals surface area (Å²) >= 11 is 0. The van der Waals surface area contributed by atoms with Gasteiger partial charge in [0.05, 0.1) is 11.6 Å². The molecule has 1 saturated carbocycles. The van der Waals surface area contributed by atoms with Crippen molar-refractivity contribution in [2.24, 2.45) is 5.92 Å². The van der Waals surface area contributed by atoms with E-state index in [1.165, 1.54) is 6.07 Å². The summed E-state index contributed by atoms with van der Waals surface area (Å²) in [6.45, 7) is 3.76. The number of aromatic nitrogens is 2. The number of carbonyl (C=O) groups is 1. The van der Waals surface area contributed by atoms with E-state index in [0.717, 1.165) is 35.1 Å². The minimum Gasteiger partial charge on any atom is -0.458 e. The van der Waals surface area contributed by atoms with Crippen molar-refractivity contribution in [1.82, 2.24) is 10.1 Å². The van der Waals surface area contributed by atoms with Crippen molar-refractivity contribution in [3.8, 4) is 33.7 Å². The summed E-state index contributed by atoms with van der Waals surface area (Å²) in [6, 6.07) is 28.1. The summed E-state index contributed by atoms with van der Waals surface area (Å²) in [7, 11) is 0. The van der Waals surface area contributed by atoms with E-state index >= 15 is 0 Å². The Labute approximate surface area is 231 Å². The van der Waals surface area contributed by atoms with E-state index in [-0.39, 0.29) is 23.8 Å². The van der Waals surface area contributed by atoms with Crippen LogP contribution in [-0.2, 0) is 9.53 Å². The van der Waals surface area contributed by atoms with Crippen LogP contribution in [0.4, 0.5) is 15.9 Å². The number of pyridine rings is 1. The van der Waals surface area contributed by atoms with Crippen LogP contribution in [0.2, 0.25) is 0 Å². The summed E-state index contributed by atoms with van der Waals surface area (Å²) in [6.07, 6.45) is 1.60. The molecule has 1 N–H and O–H groups in total. The number of hydrogen-bond acceptors (Lipinski definition) is 6. The highest BCUT2D eigenvalue weighted by Crippen LogP contribution is 2.35. The van der Waals surface area contributed by atoms with Gasteiger partial charge in [-0.25, -0.2) is 9.37 Å². The lowest BCUT2D eigenvalue weighted by Gasteiger charge is -2.14. The van der Waals surface area contributed by atoms with Gasteiger partial charge in [0.25, 0.3) is 0 Å². The van der Waals surface area contributed by atoms with Crippen LogP contribution in [0.25, 0.3) is 33.7 Å². The highest BCUT2D eigenvalue weighted by Gasteiger charge is 2.32. The monoisotopic (exact) mass is 533 g/mol. The Morgan fingerprint density at radius 3 is 2.30 bits per heavy atom. The van der Waals surface area contributed by atoms with Crippen LogP contribution in [0.15, 0.2) is 95.5 Å². The third-order valence-electron chi connectivity index (χ3n) is 7.08. The van der Waals surface area contributed by atoms with E-state index in [4.69, 9.17) is 9.26 Å². The Balaban J connectivity index is 1.19. The predicted molar refractivity (Wildman–Crippen MR) is 152 cm³/mol. The first-order chi connectivity index (χ1) is 19.5. The minimum absolute atomic E-state index is 0.0874. The number of carbonyl (C=O) groups excluding carboxylic acids is 1. The molecule has 1 fully saturated rings. The fourth-order valence-corrected chi connectivity index (χ4v) is 4.58.